The van der Waals surface area contributed by atoms with Crippen LogP contribution in [0.2, 0.25) is 0 Å². The van der Waals surface area contributed by atoms with E-state index in [1.54, 1.807) is 57.4 Å². The zero-order chi connectivity index (χ0) is 48.2. The summed E-state index contributed by atoms with van der Waals surface area (Å²) in [6, 6.07) is 6.74. The lowest BCUT2D eigenvalue weighted by Gasteiger charge is -2.26. The smallest absolute Gasteiger partial charge is 0.334 e. The number of aliphatic hydroxyl groups excluding tert-OH is 1. The Balaban J connectivity index is 1.76. The minimum atomic E-state index is -1.62. The molecule has 0 bridgehead atoms. The van der Waals surface area contributed by atoms with Gasteiger partial charge >= 0.3 is 6.03 Å². The number of aromatic nitrogens is 1. The van der Waals surface area contributed by atoms with E-state index in [0.717, 1.165) is 16.5 Å². The fourth-order valence-corrected chi connectivity index (χ4v) is 6.56. The standard InChI is InChI=1S/C42H62N14O9/c1-22(2)17-31(38(62)50-29(15-10-16-48-41(46)47-4)37(61)51-30(35(45)59)19-25-21-49-28-14-9-8-13-26(25)28)53-42(65)56-55-39(63)32(18-24-11-6-5-7-12-24)52-40(64)34(23(3)57)54-36(60)27(43)20-33(44)58/h5-9,11-14,21-23,27,29-32,34,49,57H,10,15-20,43H2,1-4H3,(H2,44,58)(H2,45,59)(H,50,62)(H,51,61)(H,52,64)(H,54,60)(H,55,63)(H3,46,47,48)(H2,53,56,65)/t23-,27+,29+,30+,31+,32+,34+/m1/s1. The van der Waals surface area contributed by atoms with Crippen LogP contribution in [0.4, 0.5) is 4.79 Å². The number of amides is 9. The number of aliphatic hydroxyl groups is 1. The van der Waals surface area contributed by atoms with Gasteiger partial charge in [-0.3, -0.25) is 44.4 Å². The molecule has 23 nitrogen and oxygen atoms in total. The van der Waals surface area contributed by atoms with Gasteiger partial charge < -0.3 is 64.5 Å². The summed E-state index contributed by atoms with van der Waals surface area (Å²) in [4.78, 5) is 108. The van der Waals surface area contributed by atoms with Crippen molar-refractivity contribution in [3.63, 3.8) is 0 Å². The molecule has 0 saturated carbocycles. The van der Waals surface area contributed by atoms with Crippen LogP contribution in [0.1, 0.15) is 57.6 Å². The van der Waals surface area contributed by atoms with Gasteiger partial charge in [0.1, 0.15) is 30.2 Å². The number of primary amides is 2. The lowest BCUT2D eigenvalue weighted by Crippen LogP contribution is -2.61. The van der Waals surface area contributed by atoms with Gasteiger partial charge in [0, 0.05) is 43.5 Å². The highest BCUT2D eigenvalue weighted by Crippen LogP contribution is 2.19. The summed E-state index contributed by atoms with van der Waals surface area (Å²) in [6.45, 7) is 5.04. The van der Waals surface area contributed by atoms with Crippen molar-refractivity contribution >= 4 is 64.2 Å². The van der Waals surface area contributed by atoms with Crippen LogP contribution in [0.3, 0.4) is 0 Å². The van der Waals surface area contributed by atoms with Gasteiger partial charge in [0.25, 0.3) is 5.91 Å². The number of fused-ring (bicyclic) bond motifs is 1. The first-order valence-corrected chi connectivity index (χ1v) is 21.0. The number of urea groups is 1. The first kappa shape index (κ1) is 52.1. The third-order valence-electron chi connectivity index (χ3n) is 9.98. The molecule has 2 aromatic carbocycles. The van der Waals surface area contributed by atoms with E-state index in [4.69, 9.17) is 22.6 Å². The molecule has 7 atom stereocenters. The van der Waals surface area contributed by atoms with E-state index in [0.29, 0.717) is 5.56 Å². The average Bonchev–Trinajstić information content (AvgIpc) is 3.66. The Morgan fingerprint density at radius 2 is 1.35 bits per heavy atom. The highest BCUT2D eigenvalue weighted by atomic mass is 16.3. The second kappa shape index (κ2) is 25.7. The molecule has 18 N–H and O–H groups in total. The topological polar surface area (TPSA) is 383 Å². The predicted octanol–water partition coefficient (Wildman–Crippen LogP) is -2.77. The highest BCUT2D eigenvalue weighted by molar-refractivity contribution is 5.96. The maximum absolute atomic E-state index is 13.9. The van der Waals surface area contributed by atoms with Crippen molar-refractivity contribution < 1.29 is 43.5 Å². The SMILES string of the molecule is CNC(=N)NCCC[C@H](NC(=O)[C@H](CC(C)C)NC(=O)NNC(=O)[C@H](Cc1ccccc1)NC(=O)[C@@H](NC(=O)[C@@H](N)CC(N)=O)[C@@H](C)O)C(=O)N[C@@H](Cc1c[nH]c2ccccc12)C(N)=O. The predicted molar refractivity (Wildman–Crippen MR) is 240 cm³/mol. The van der Waals surface area contributed by atoms with Crippen LogP contribution in [0.5, 0.6) is 0 Å². The lowest BCUT2D eigenvalue weighted by molar-refractivity contribution is -0.135. The number of H-pyrrole nitrogens is 1. The molecule has 0 aliphatic heterocycles. The number of nitrogens with two attached hydrogens (primary N) is 3. The first-order chi connectivity index (χ1) is 30.8. The average molecular weight is 907 g/mol. The van der Waals surface area contributed by atoms with E-state index in [1.165, 1.54) is 6.92 Å². The normalized spacial score (nSPS) is 14.2. The largest absolute Gasteiger partial charge is 0.391 e. The zero-order valence-electron chi connectivity index (χ0n) is 36.8. The van der Waals surface area contributed by atoms with Gasteiger partial charge in [0.05, 0.1) is 18.6 Å². The van der Waals surface area contributed by atoms with Crippen molar-refractivity contribution in [1.29, 1.82) is 5.41 Å². The van der Waals surface area contributed by atoms with Crippen LogP contribution in [-0.4, -0.2) is 119 Å². The molecule has 0 aliphatic rings. The molecule has 0 unspecified atom stereocenters. The van der Waals surface area contributed by atoms with E-state index in [9.17, 15) is 43.5 Å². The maximum atomic E-state index is 13.9. The van der Waals surface area contributed by atoms with Gasteiger partial charge in [-0.25, -0.2) is 10.2 Å². The zero-order valence-corrected chi connectivity index (χ0v) is 36.8. The summed E-state index contributed by atoms with van der Waals surface area (Å²) in [6.07, 6.45) is 0.0424. The second-order valence-electron chi connectivity index (χ2n) is 15.8. The van der Waals surface area contributed by atoms with Crippen molar-refractivity contribution in [3.05, 3.63) is 71.9 Å². The number of carbonyl (C=O) groups is 8. The van der Waals surface area contributed by atoms with Crippen LogP contribution in [-0.2, 0) is 46.4 Å². The molecule has 0 fully saturated rings. The van der Waals surface area contributed by atoms with E-state index >= 15 is 0 Å². The third-order valence-corrected chi connectivity index (χ3v) is 9.98. The summed E-state index contributed by atoms with van der Waals surface area (Å²) in [5.74, 6) is -6.19. The van der Waals surface area contributed by atoms with E-state index in [-0.39, 0.29) is 50.5 Å². The number of hydrazine groups is 1. The van der Waals surface area contributed by atoms with Gasteiger partial charge in [0.15, 0.2) is 5.96 Å². The Morgan fingerprint density at radius 3 is 1.98 bits per heavy atom. The molecule has 0 radical (unpaired) electrons. The van der Waals surface area contributed by atoms with E-state index < -0.39 is 96.2 Å². The Labute approximate surface area is 375 Å². The van der Waals surface area contributed by atoms with Crippen molar-refractivity contribution in [1.82, 2.24) is 53.1 Å². The number of hydrogen-bond donors (Lipinski definition) is 15. The molecule has 0 saturated heterocycles. The summed E-state index contributed by atoms with van der Waals surface area (Å²) < 4.78 is 0. The summed E-state index contributed by atoms with van der Waals surface area (Å²) in [5, 5.41) is 37.0. The number of nitrogens with one attached hydrogen (secondary N) is 11. The molecule has 354 valence electrons. The number of carbonyl (C=O) groups excluding carboxylic acids is 8. The maximum Gasteiger partial charge on any atom is 0.334 e. The molecule has 23 heteroatoms. The van der Waals surface area contributed by atoms with Crippen LogP contribution < -0.4 is 65.3 Å². The summed E-state index contributed by atoms with van der Waals surface area (Å²) in [5.41, 5.74) is 23.1. The molecule has 0 aliphatic carbocycles. The third kappa shape index (κ3) is 17.4. The number of para-hydroxylation sites is 1. The molecular weight excluding hydrogens is 845 g/mol. The minimum Gasteiger partial charge on any atom is -0.391 e. The fourth-order valence-electron chi connectivity index (χ4n) is 6.56. The van der Waals surface area contributed by atoms with Crippen molar-refractivity contribution in [3.8, 4) is 0 Å². The number of hydrogen-bond acceptors (Lipinski definition) is 11. The van der Waals surface area contributed by atoms with Gasteiger partial charge in [-0.1, -0.05) is 62.4 Å². The number of rotatable bonds is 24. The Morgan fingerprint density at radius 1 is 0.723 bits per heavy atom. The van der Waals surface area contributed by atoms with Gasteiger partial charge in [-0.2, -0.15) is 0 Å². The fraction of sp³-hybridized carbons (Fsp3) is 0.452. The van der Waals surface area contributed by atoms with Gasteiger partial charge in [0.2, 0.25) is 35.4 Å². The molecule has 1 aromatic heterocycles. The van der Waals surface area contributed by atoms with Crippen molar-refractivity contribution in [2.45, 2.75) is 102 Å². The quantitative estimate of drug-likeness (QED) is 0.0188. The number of guanidine groups is 1. The van der Waals surface area contributed by atoms with Crippen molar-refractivity contribution in [2.75, 3.05) is 13.6 Å². The number of benzene rings is 2. The summed E-state index contributed by atoms with van der Waals surface area (Å²) in [7, 11) is 1.56. The second-order valence-corrected chi connectivity index (χ2v) is 15.8. The summed E-state index contributed by atoms with van der Waals surface area (Å²) >= 11 is 0. The van der Waals surface area contributed by atoms with Gasteiger partial charge in [-0.05, 0) is 49.3 Å². The molecule has 9 amide bonds. The minimum absolute atomic E-state index is 0.0343. The number of aromatic amines is 1. The first-order valence-electron chi connectivity index (χ1n) is 21.0. The molecule has 3 rings (SSSR count). The Kier molecular flexibility index (Phi) is 20.6. The van der Waals surface area contributed by atoms with E-state index in [2.05, 4.69) is 53.1 Å². The lowest BCUT2D eigenvalue weighted by atomic mass is 10.0. The van der Waals surface area contributed by atoms with Crippen LogP contribution in [0, 0.1) is 11.3 Å². The molecule has 3 aromatic rings. The molecule has 1 heterocycles. The van der Waals surface area contributed by atoms with Crippen LogP contribution in [0.25, 0.3) is 10.9 Å². The monoisotopic (exact) mass is 906 g/mol. The molecule has 65 heavy (non-hydrogen) atoms. The molecular formula is C42H62N14O9. The molecule has 0 spiro atoms. The van der Waals surface area contributed by atoms with Gasteiger partial charge in [-0.15, -0.1) is 0 Å². The Hall–Kier alpha value is -7.27. The van der Waals surface area contributed by atoms with E-state index in [1.807, 2.05) is 24.3 Å². The highest BCUT2D eigenvalue weighted by Gasteiger charge is 2.33. The van der Waals surface area contributed by atoms with Crippen molar-refractivity contribution in [2.24, 2.45) is 23.1 Å². The Bertz CT molecular complexity index is 2130. The van der Waals surface area contributed by atoms with Crippen LogP contribution >= 0.6 is 0 Å². The van der Waals surface area contributed by atoms with Crippen LogP contribution in [0.15, 0.2) is 60.8 Å².